The first kappa shape index (κ1) is 21.8. The number of nitrogens with zero attached hydrogens (tertiary/aromatic N) is 1. The molecule has 2 aromatic carbocycles. The van der Waals surface area contributed by atoms with Gasteiger partial charge < -0.3 is 15.0 Å². The van der Waals surface area contributed by atoms with Gasteiger partial charge in [0, 0.05) is 52.8 Å². The highest BCUT2D eigenvalue weighted by Gasteiger charge is 2.21. The van der Waals surface area contributed by atoms with Crippen LogP contribution in [0.15, 0.2) is 48.5 Å². The molecule has 0 radical (unpaired) electrons. The van der Waals surface area contributed by atoms with E-state index < -0.39 is 10.8 Å². The van der Waals surface area contributed by atoms with E-state index in [1.165, 1.54) is 0 Å². The summed E-state index contributed by atoms with van der Waals surface area (Å²) in [4.78, 5) is 14.3. The molecule has 156 valence electrons. The van der Waals surface area contributed by atoms with E-state index in [4.69, 9.17) is 16.3 Å². The molecule has 2 amide bonds. The van der Waals surface area contributed by atoms with Crippen molar-refractivity contribution in [1.29, 1.82) is 0 Å². The van der Waals surface area contributed by atoms with Crippen LogP contribution in [-0.4, -0.2) is 40.7 Å². The van der Waals surface area contributed by atoms with Crippen LogP contribution in [0.2, 0.25) is 5.02 Å². The molecule has 0 unspecified atom stereocenters. The molecule has 1 aliphatic rings. The second-order valence-electron chi connectivity index (χ2n) is 7.31. The summed E-state index contributed by atoms with van der Waals surface area (Å²) < 4.78 is 18.0. The number of nitrogens with one attached hydrogen (secondary N) is 1. The maximum Gasteiger partial charge on any atom is 0.322 e. The molecular weight excluding hydrogens is 408 g/mol. The quantitative estimate of drug-likeness (QED) is 0.696. The van der Waals surface area contributed by atoms with Gasteiger partial charge in [-0.1, -0.05) is 35.9 Å². The van der Waals surface area contributed by atoms with Crippen molar-refractivity contribution in [3.63, 3.8) is 0 Å². The van der Waals surface area contributed by atoms with E-state index in [0.29, 0.717) is 29.7 Å². The predicted octanol–water partition coefficient (Wildman–Crippen LogP) is 4.99. The van der Waals surface area contributed by atoms with E-state index >= 15 is 0 Å². The Morgan fingerprint density at radius 3 is 2.62 bits per heavy atom. The highest BCUT2D eigenvalue weighted by atomic mass is 35.5. The lowest BCUT2D eigenvalue weighted by Gasteiger charge is -2.26. The van der Waals surface area contributed by atoms with E-state index in [9.17, 15) is 9.00 Å². The van der Waals surface area contributed by atoms with Crippen LogP contribution in [0.4, 0.5) is 10.5 Å². The Balaban J connectivity index is 1.60. The number of ether oxygens (including phenoxy) is 1. The Hall–Kier alpha value is -1.89. The van der Waals surface area contributed by atoms with Gasteiger partial charge in [0.05, 0.1) is 6.04 Å². The predicted molar refractivity (Wildman–Crippen MR) is 119 cm³/mol. The molecule has 1 saturated heterocycles. The van der Waals surface area contributed by atoms with Gasteiger partial charge in [0.1, 0.15) is 0 Å². The molecule has 29 heavy (non-hydrogen) atoms. The highest BCUT2D eigenvalue weighted by molar-refractivity contribution is 7.84. The van der Waals surface area contributed by atoms with Crippen LogP contribution in [0.3, 0.4) is 0 Å². The number of halogens is 1. The minimum absolute atomic E-state index is 0.100. The van der Waals surface area contributed by atoms with Gasteiger partial charge in [0.25, 0.3) is 0 Å². The lowest BCUT2D eigenvalue weighted by molar-refractivity contribution is 0.0992. The zero-order valence-corrected chi connectivity index (χ0v) is 18.3. The second-order valence-corrected chi connectivity index (χ2v) is 9.46. The fourth-order valence-corrected chi connectivity index (χ4v) is 4.90. The minimum Gasteiger partial charge on any atom is -0.381 e. The molecule has 0 saturated carbocycles. The molecule has 7 heteroatoms. The number of carbonyl (C=O) groups excluding carboxylic acids is 1. The van der Waals surface area contributed by atoms with E-state index in [2.05, 4.69) is 5.32 Å². The van der Waals surface area contributed by atoms with Crippen molar-refractivity contribution in [3.8, 4) is 0 Å². The molecule has 3 rings (SSSR count). The molecular formula is C22H27ClN2O3S. The van der Waals surface area contributed by atoms with Gasteiger partial charge in [-0.3, -0.25) is 4.21 Å². The van der Waals surface area contributed by atoms with Gasteiger partial charge in [0.2, 0.25) is 0 Å². The smallest absolute Gasteiger partial charge is 0.322 e. The third-order valence-corrected chi connectivity index (χ3v) is 7.37. The van der Waals surface area contributed by atoms with Crippen molar-refractivity contribution in [3.05, 3.63) is 64.7 Å². The first-order valence-electron chi connectivity index (χ1n) is 9.77. The number of hydrogen-bond acceptors (Lipinski definition) is 3. The minimum atomic E-state index is -0.935. The van der Waals surface area contributed by atoms with Gasteiger partial charge in [-0.05, 0) is 55.2 Å². The number of urea groups is 1. The lowest BCUT2D eigenvalue weighted by Crippen LogP contribution is -2.33. The lowest BCUT2D eigenvalue weighted by atomic mass is 10.1. The molecule has 2 atom stereocenters. The first-order chi connectivity index (χ1) is 13.9. The van der Waals surface area contributed by atoms with Crippen LogP contribution in [0.1, 0.15) is 36.9 Å². The largest absolute Gasteiger partial charge is 0.381 e. The number of anilines is 1. The Kier molecular flexibility index (Phi) is 7.70. The second kappa shape index (κ2) is 10.2. The Labute approximate surface area is 179 Å². The van der Waals surface area contributed by atoms with Crippen molar-refractivity contribution in [1.82, 2.24) is 4.90 Å². The summed E-state index contributed by atoms with van der Waals surface area (Å²) in [7, 11) is 0.827. The molecule has 5 nitrogen and oxygen atoms in total. The average Bonchev–Trinajstić information content (AvgIpc) is 2.74. The van der Waals surface area contributed by atoms with Crippen molar-refractivity contribution < 1.29 is 13.7 Å². The molecule has 1 fully saturated rings. The van der Waals surface area contributed by atoms with Crippen molar-refractivity contribution in [2.24, 2.45) is 0 Å². The van der Waals surface area contributed by atoms with Crippen molar-refractivity contribution in [2.75, 3.05) is 25.6 Å². The summed E-state index contributed by atoms with van der Waals surface area (Å²) in [6.07, 6.45) is 1.69. The van der Waals surface area contributed by atoms with Crippen molar-refractivity contribution >= 4 is 34.1 Å². The molecule has 0 bridgehead atoms. The highest BCUT2D eigenvalue weighted by Crippen LogP contribution is 2.23. The van der Waals surface area contributed by atoms with E-state index in [0.717, 1.165) is 24.0 Å². The first-order valence-corrected chi connectivity index (χ1v) is 11.5. The molecule has 0 aromatic heterocycles. The molecule has 1 heterocycles. The number of carbonyl (C=O) groups is 1. The number of benzene rings is 2. The fourth-order valence-electron chi connectivity index (χ4n) is 3.31. The maximum absolute atomic E-state index is 12.7. The number of rotatable bonds is 6. The van der Waals surface area contributed by atoms with E-state index in [-0.39, 0.29) is 17.3 Å². The zero-order valence-electron chi connectivity index (χ0n) is 16.8. The standard InChI is InChI=1S/C22H27ClN2O3S/c1-16(18-6-8-19(23)9-7-18)25(2)22(26)24-20-5-3-4-17(14-20)15-29(27)21-10-12-28-13-11-21/h3-9,14,16,21H,10-13,15H2,1-2H3,(H,24,26)/t16-,29-/m0/s1. The molecule has 1 aliphatic heterocycles. The van der Waals surface area contributed by atoms with Crippen molar-refractivity contribution in [2.45, 2.75) is 36.8 Å². The van der Waals surface area contributed by atoms with Crippen LogP contribution in [0.5, 0.6) is 0 Å². The van der Waals surface area contributed by atoms with Gasteiger partial charge in [-0.25, -0.2) is 4.79 Å². The van der Waals surface area contributed by atoms with Gasteiger partial charge in [-0.2, -0.15) is 0 Å². The van der Waals surface area contributed by atoms with Gasteiger partial charge in [0.15, 0.2) is 0 Å². The summed E-state index contributed by atoms with van der Waals surface area (Å²) >= 11 is 5.95. The third-order valence-electron chi connectivity index (χ3n) is 5.28. The summed E-state index contributed by atoms with van der Waals surface area (Å²) in [6, 6.07) is 14.8. The summed E-state index contributed by atoms with van der Waals surface area (Å²) in [5.41, 5.74) is 2.67. The van der Waals surface area contributed by atoms with Crippen LogP contribution < -0.4 is 5.32 Å². The van der Waals surface area contributed by atoms with Crippen LogP contribution >= 0.6 is 11.6 Å². The maximum atomic E-state index is 12.7. The van der Waals surface area contributed by atoms with Crippen LogP contribution in [0.25, 0.3) is 0 Å². The molecule has 1 N–H and O–H groups in total. The van der Waals surface area contributed by atoms with Gasteiger partial charge >= 0.3 is 6.03 Å². The Morgan fingerprint density at radius 1 is 1.24 bits per heavy atom. The molecule has 2 aromatic rings. The normalized spacial score (nSPS) is 16.8. The zero-order chi connectivity index (χ0) is 20.8. The molecule has 0 aliphatic carbocycles. The Bertz CT molecular complexity index is 853. The third kappa shape index (κ3) is 6.04. The van der Waals surface area contributed by atoms with E-state index in [1.54, 1.807) is 11.9 Å². The van der Waals surface area contributed by atoms with Gasteiger partial charge in [-0.15, -0.1) is 0 Å². The fraction of sp³-hybridized carbons (Fsp3) is 0.409. The summed E-state index contributed by atoms with van der Waals surface area (Å²) in [5.74, 6) is 0.491. The Morgan fingerprint density at radius 2 is 1.93 bits per heavy atom. The van der Waals surface area contributed by atoms with Crippen LogP contribution in [-0.2, 0) is 21.3 Å². The number of hydrogen-bond donors (Lipinski definition) is 1. The SMILES string of the molecule is C[C@@H](c1ccc(Cl)cc1)N(C)C(=O)Nc1cccc(C[S@](=O)C2CCOCC2)c1. The summed E-state index contributed by atoms with van der Waals surface area (Å²) in [6.45, 7) is 3.34. The summed E-state index contributed by atoms with van der Waals surface area (Å²) in [5, 5.41) is 3.80. The van der Waals surface area contributed by atoms with E-state index in [1.807, 2.05) is 55.5 Å². The topological polar surface area (TPSA) is 58.6 Å². The average molecular weight is 435 g/mol. The van der Waals surface area contributed by atoms with Crippen LogP contribution in [0, 0.1) is 0 Å². The number of amides is 2. The monoisotopic (exact) mass is 434 g/mol. The molecule has 0 spiro atoms.